The van der Waals surface area contributed by atoms with Crippen molar-refractivity contribution in [1.29, 1.82) is 0 Å². The molecular weight excluding hydrogens is 263 g/mol. The van der Waals surface area contributed by atoms with E-state index in [0.717, 1.165) is 16.8 Å². The zero-order valence-corrected chi connectivity index (χ0v) is 9.69. The van der Waals surface area contributed by atoms with Gasteiger partial charge in [0.2, 0.25) is 0 Å². The summed E-state index contributed by atoms with van der Waals surface area (Å²) < 4.78 is 18.8. The Balaban J connectivity index is 2.42. The maximum Gasteiger partial charge on any atom is 0.330 e. The van der Waals surface area contributed by atoms with Gasteiger partial charge in [-0.25, -0.2) is 9.18 Å². The fraction of sp³-hybridized carbons (Fsp3) is 0.600. The number of H-pyrrole nitrogens is 1. The van der Waals surface area contributed by atoms with E-state index in [1.807, 2.05) is 4.98 Å². The van der Waals surface area contributed by atoms with Gasteiger partial charge in [-0.15, -0.1) is 0 Å². The van der Waals surface area contributed by atoms with Crippen LogP contribution in [0.3, 0.4) is 0 Å². The van der Waals surface area contributed by atoms with Crippen LogP contribution >= 0.6 is 0 Å². The van der Waals surface area contributed by atoms with Crippen LogP contribution in [0.4, 0.5) is 4.39 Å². The zero-order chi connectivity index (χ0) is 14.2. The van der Waals surface area contributed by atoms with Gasteiger partial charge >= 0.3 is 5.69 Å². The molecule has 2 heterocycles. The van der Waals surface area contributed by atoms with Crippen molar-refractivity contribution in [2.24, 2.45) is 0 Å². The second-order valence-electron chi connectivity index (χ2n) is 4.32. The lowest BCUT2D eigenvalue weighted by molar-refractivity contribution is -0.138. The number of aliphatic hydroxyl groups excluding tert-OH is 3. The molecule has 2 rings (SSSR count). The minimum Gasteiger partial charge on any atom is -0.393 e. The van der Waals surface area contributed by atoms with Gasteiger partial charge in [-0.05, 0) is 0 Å². The van der Waals surface area contributed by atoms with E-state index in [1.54, 1.807) is 0 Å². The number of hydrogen-bond acceptors (Lipinski definition) is 6. The highest BCUT2D eigenvalue weighted by atomic mass is 19.1. The number of nitrogens with one attached hydrogen (secondary N) is 1. The summed E-state index contributed by atoms with van der Waals surface area (Å²) in [5.41, 5.74) is -3.51. The second-order valence-corrected chi connectivity index (χ2v) is 4.32. The molecule has 0 radical (unpaired) electrons. The Bertz CT molecular complexity index is 566. The molecule has 1 aliphatic heterocycles. The highest BCUT2D eigenvalue weighted by molar-refractivity contribution is 5.01. The zero-order valence-electron chi connectivity index (χ0n) is 9.69. The Morgan fingerprint density at radius 3 is 2.63 bits per heavy atom. The first kappa shape index (κ1) is 13.9. The first-order valence-corrected chi connectivity index (χ1v) is 5.47. The molecule has 19 heavy (non-hydrogen) atoms. The van der Waals surface area contributed by atoms with Crippen molar-refractivity contribution in [2.45, 2.75) is 24.0 Å². The van der Waals surface area contributed by atoms with Gasteiger partial charge in [0.25, 0.3) is 5.56 Å². The molecule has 4 unspecified atom stereocenters. The molecule has 1 saturated heterocycles. The maximum absolute atomic E-state index is 12.9. The SMILES string of the molecule is O=c1ccn(C2OC(CO)(CF)C(O)C2O)c(=O)[nH]1. The van der Waals surface area contributed by atoms with Gasteiger partial charge in [0.1, 0.15) is 18.9 Å². The lowest BCUT2D eigenvalue weighted by Crippen LogP contribution is -2.48. The van der Waals surface area contributed by atoms with Gasteiger partial charge in [0, 0.05) is 12.3 Å². The molecule has 0 amide bonds. The Morgan fingerprint density at radius 2 is 2.16 bits per heavy atom. The molecule has 106 valence electrons. The topological polar surface area (TPSA) is 125 Å². The monoisotopic (exact) mass is 276 g/mol. The quantitative estimate of drug-likeness (QED) is 0.483. The summed E-state index contributed by atoms with van der Waals surface area (Å²) in [4.78, 5) is 24.4. The Kier molecular flexibility index (Phi) is 3.54. The van der Waals surface area contributed by atoms with Crippen LogP contribution in [0, 0.1) is 0 Å². The fourth-order valence-electron chi connectivity index (χ4n) is 1.98. The maximum atomic E-state index is 12.9. The van der Waals surface area contributed by atoms with Crippen LogP contribution in [0.5, 0.6) is 0 Å². The van der Waals surface area contributed by atoms with Crippen molar-refractivity contribution >= 4 is 0 Å². The van der Waals surface area contributed by atoms with E-state index in [-0.39, 0.29) is 0 Å². The molecule has 4 N–H and O–H groups in total. The normalized spacial score (nSPS) is 34.6. The standard InChI is InChI=1S/C10H13FN2O6/c11-3-10(4-14)7(17)6(16)8(19-10)13-2-1-5(15)12-9(13)18/h1-2,6-8,14,16-17H,3-4H2,(H,12,15,18). The molecule has 1 fully saturated rings. The summed E-state index contributed by atoms with van der Waals surface area (Å²) in [6.07, 6.45) is -3.67. The molecule has 0 aliphatic carbocycles. The summed E-state index contributed by atoms with van der Waals surface area (Å²) in [5, 5.41) is 28.6. The van der Waals surface area contributed by atoms with Crippen molar-refractivity contribution in [3.05, 3.63) is 33.1 Å². The molecule has 1 aromatic rings. The first-order chi connectivity index (χ1) is 8.95. The van der Waals surface area contributed by atoms with E-state index in [0.29, 0.717) is 0 Å². The second kappa shape index (κ2) is 4.85. The number of ether oxygens (including phenoxy) is 1. The number of hydrogen-bond donors (Lipinski definition) is 4. The van der Waals surface area contributed by atoms with E-state index in [4.69, 9.17) is 9.84 Å². The molecule has 0 spiro atoms. The number of aromatic amines is 1. The van der Waals surface area contributed by atoms with Crippen LogP contribution in [0.2, 0.25) is 0 Å². The van der Waals surface area contributed by atoms with E-state index in [9.17, 15) is 24.2 Å². The fourth-order valence-corrected chi connectivity index (χ4v) is 1.98. The molecule has 1 aromatic heterocycles. The van der Waals surface area contributed by atoms with Crippen LogP contribution in [-0.4, -0.2) is 56.0 Å². The van der Waals surface area contributed by atoms with Crippen molar-refractivity contribution in [1.82, 2.24) is 9.55 Å². The number of aromatic nitrogens is 2. The van der Waals surface area contributed by atoms with Crippen LogP contribution < -0.4 is 11.2 Å². The van der Waals surface area contributed by atoms with Crippen molar-refractivity contribution in [2.75, 3.05) is 13.3 Å². The number of alkyl halides is 1. The smallest absolute Gasteiger partial charge is 0.330 e. The number of aliphatic hydroxyl groups is 3. The number of halogens is 1. The largest absolute Gasteiger partial charge is 0.393 e. The third kappa shape index (κ3) is 2.10. The van der Waals surface area contributed by atoms with Gasteiger partial charge in [-0.2, -0.15) is 0 Å². The molecule has 1 aliphatic rings. The van der Waals surface area contributed by atoms with E-state index in [1.165, 1.54) is 0 Å². The summed E-state index contributed by atoms with van der Waals surface area (Å²) in [5.74, 6) is 0. The van der Waals surface area contributed by atoms with Gasteiger partial charge in [0.05, 0.1) is 6.61 Å². The summed E-state index contributed by atoms with van der Waals surface area (Å²) in [7, 11) is 0. The molecule has 4 atom stereocenters. The number of rotatable bonds is 3. The molecule has 0 aromatic carbocycles. The predicted octanol–water partition coefficient (Wildman–Crippen LogP) is -2.51. The third-order valence-corrected chi connectivity index (χ3v) is 3.13. The molecule has 9 heteroatoms. The lowest BCUT2D eigenvalue weighted by atomic mass is 9.98. The summed E-state index contributed by atoms with van der Waals surface area (Å²) >= 11 is 0. The van der Waals surface area contributed by atoms with E-state index >= 15 is 0 Å². The number of nitrogens with zero attached hydrogens (tertiary/aromatic N) is 1. The predicted molar refractivity (Wildman–Crippen MR) is 59.3 cm³/mol. The summed E-state index contributed by atoms with van der Waals surface area (Å²) in [6, 6.07) is 1.01. The average Bonchev–Trinajstić information content (AvgIpc) is 2.64. The first-order valence-electron chi connectivity index (χ1n) is 5.47. The van der Waals surface area contributed by atoms with Gasteiger partial charge in [-0.1, -0.05) is 0 Å². The molecule has 8 nitrogen and oxygen atoms in total. The Hall–Kier alpha value is -1.55. The van der Waals surface area contributed by atoms with Crippen molar-refractivity contribution in [3.8, 4) is 0 Å². The minimum absolute atomic E-state index is 0.645. The van der Waals surface area contributed by atoms with Crippen LogP contribution in [0.1, 0.15) is 6.23 Å². The Morgan fingerprint density at radius 1 is 1.47 bits per heavy atom. The molecular formula is C10H13FN2O6. The van der Waals surface area contributed by atoms with E-state index in [2.05, 4.69) is 0 Å². The van der Waals surface area contributed by atoms with Crippen LogP contribution in [-0.2, 0) is 4.74 Å². The minimum atomic E-state index is -1.99. The van der Waals surface area contributed by atoms with E-state index < -0.39 is 48.6 Å². The van der Waals surface area contributed by atoms with Gasteiger partial charge in [0.15, 0.2) is 11.8 Å². The molecule has 0 saturated carbocycles. The third-order valence-electron chi connectivity index (χ3n) is 3.13. The highest BCUT2D eigenvalue weighted by Crippen LogP contribution is 2.36. The van der Waals surface area contributed by atoms with Crippen LogP contribution in [0.25, 0.3) is 0 Å². The van der Waals surface area contributed by atoms with Crippen LogP contribution in [0.15, 0.2) is 21.9 Å². The van der Waals surface area contributed by atoms with Crippen molar-refractivity contribution in [3.63, 3.8) is 0 Å². The average molecular weight is 276 g/mol. The van der Waals surface area contributed by atoms with Crippen molar-refractivity contribution < 1.29 is 24.4 Å². The molecule has 0 bridgehead atoms. The lowest BCUT2D eigenvalue weighted by Gasteiger charge is -2.26. The Labute approximate surface area is 105 Å². The van der Waals surface area contributed by atoms with Gasteiger partial charge in [-0.3, -0.25) is 14.3 Å². The van der Waals surface area contributed by atoms with Gasteiger partial charge < -0.3 is 20.1 Å². The summed E-state index contributed by atoms with van der Waals surface area (Å²) in [6.45, 7) is -2.10. The highest BCUT2D eigenvalue weighted by Gasteiger charge is 2.55.